The summed E-state index contributed by atoms with van der Waals surface area (Å²) >= 11 is 0. The molecular weight excluding hydrogens is 252 g/mol. The van der Waals surface area contributed by atoms with Crippen molar-refractivity contribution in [2.75, 3.05) is 26.2 Å². The fourth-order valence-corrected chi connectivity index (χ4v) is 1.88. The maximum absolute atomic E-state index is 11.3. The molecule has 20 heavy (non-hydrogen) atoms. The molecule has 0 spiro atoms. The van der Waals surface area contributed by atoms with Crippen molar-refractivity contribution >= 4 is 5.91 Å². The summed E-state index contributed by atoms with van der Waals surface area (Å²) in [7, 11) is 0. The van der Waals surface area contributed by atoms with Gasteiger partial charge in [0.2, 0.25) is 5.91 Å². The Balaban J connectivity index is 3.14. The number of hydrogen-bond acceptors (Lipinski definition) is 3. The summed E-state index contributed by atoms with van der Waals surface area (Å²) in [6.07, 6.45) is 12.5. The molecule has 1 amide bonds. The van der Waals surface area contributed by atoms with Gasteiger partial charge < -0.3 is 15.7 Å². The van der Waals surface area contributed by atoms with Gasteiger partial charge in [-0.05, 0) is 31.9 Å². The van der Waals surface area contributed by atoms with Crippen molar-refractivity contribution in [1.29, 1.82) is 0 Å². The summed E-state index contributed by atoms with van der Waals surface area (Å²) in [5, 5.41) is 14.8. The SMILES string of the molecule is CCC/C=C/C(=O)NCCNCCCCCCCCO. The van der Waals surface area contributed by atoms with Gasteiger partial charge in [0.1, 0.15) is 0 Å². The minimum atomic E-state index is 0.00383. The first-order valence-electron chi connectivity index (χ1n) is 8.07. The average Bonchev–Trinajstić information content (AvgIpc) is 2.45. The molecule has 0 aromatic rings. The lowest BCUT2D eigenvalue weighted by atomic mass is 10.1. The van der Waals surface area contributed by atoms with Crippen molar-refractivity contribution in [1.82, 2.24) is 10.6 Å². The number of rotatable bonds is 14. The zero-order chi connectivity index (χ0) is 14.9. The second-order valence-electron chi connectivity index (χ2n) is 5.08. The summed E-state index contributed by atoms with van der Waals surface area (Å²) in [5.74, 6) is 0.00383. The minimum Gasteiger partial charge on any atom is -0.396 e. The molecule has 0 rings (SSSR count). The predicted octanol–water partition coefficient (Wildman–Crippen LogP) is 2.38. The molecule has 0 unspecified atom stereocenters. The first-order chi connectivity index (χ1) is 9.81. The average molecular weight is 284 g/mol. The van der Waals surface area contributed by atoms with Crippen molar-refractivity contribution in [3.63, 3.8) is 0 Å². The van der Waals surface area contributed by atoms with Crippen molar-refractivity contribution in [3.05, 3.63) is 12.2 Å². The molecule has 0 aliphatic carbocycles. The van der Waals surface area contributed by atoms with E-state index in [2.05, 4.69) is 17.6 Å². The first-order valence-corrected chi connectivity index (χ1v) is 8.07. The summed E-state index contributed by atoms with van der Waals surface area (Å²) in [6, 6.07) is 0. The van der Waals surface area contributed by atoms with Crippen LogP contribution in [0.3, 0.4) is 0 Å². The third-order valence-electron chi connectivity index (χ3n) is 3.09. The van der Waals surface area contributed by atoms with Gasteiger partial charge >= 0.3 is 0 Å². The molecule has 0 aliphatic rings. The standard InChI is InChI=1S/C16H32N2O2/c1-2-3-8-11-16(20)18-14-13-17-12-9-6-4-5-7-10-15-19/h8,11,17,19H,2-7,9-10,12-15H2,1H3,(H,18,20)/b11-8+. The lowest BCUT2D eigenvalue weighted by molar-refractivity contribution is -0.116. The number of unbranched alkanes of at least 4 members (excludes halogenated alkanes) is 6. The van der Waals surface area contributed by atoms with E-state index in [4.69, 9.17) is 5.11 Å². The lowest BCUT2D eigenvalue weighted by Crippen LogP contribution is -2.31. The Morgan fingerprint density at radius 3 is 2.40 bits per heavy atom. The third-order valence-corrected chi connectivity index (χ3v) is 3.09. The molecule has 0 heterocycles. The van der Waals surface area contributed by atoms with E-state index in [1.807, 2.05) is 6.08 Å². The van der Waals surface area contributed by atoms with Crippen LogP contribution in [0.15, 0.2) is 12.2 Å². The zero-order valence-electron chi connectivity index (χ0n) is 13.0. The Kier molecular flexibility index (Phi) is 15.5. The van der Waals surface area contributed by atoms with Gasteiger partial charge in [-0.25, -0.2) is 0 Å². The van der Waals surface area contributed by atoms with Crippen LogP contribution in [0.2, 0.25) is 0 Å². The number of nitrogens with one attached hydrogen (secondary N) is 2. The number of aliphatic hydroxyl groups is 1. The van der Waals surface area contributed by atoms with Gasteiger partial charge in [0.05, 0.1) is 0 Å². The summed E-state index contributed by atoms with van der Waals surface area (Å²) in [5.41, 5.74) is 0. The van der Waals surface area contributed by atoms with Gasteiger partial charge in [-0.15, -0.1) is 0 Å². The predicted molar refractivity (Wildman–Crippen MR) is 84.7 cm³/mol. The molecule has 118 valence electrons. The van der Waals surface area contributed by atoms with Gasteiger partial charge in [-0.1, -0.05) is 45.1 Å². The molecule has 0 saturated heterocycles. The van der Waals surface area contributed by atoms with Crippen molar-refractivity contribution in [3.8, 4) is 0 Å². The highest BCUT2D eigenvalue weighted by molar-refractivity contribution is 5.87. The van der Waals surface area contributed by atoms with Crippen LogP contribution in [0.4, 0.5) is 0 Å². The molecule has 0 aliphatic heterocycles. The number of allylic oxidation sites excluding steroid dienone is 1. The van der Waals surface area contributed by atoms with Crippen LogP contribution < -0.4 is 10.6 Å². The van der Waals surface area contributed by atoms with Crippen LogP contribution in [-0.4, -0.2) is 37.3 Å². The van der Waals surface area contributed by atoms with Gasteiger partial charge in [-0.2, -0.15) is 0 Å². The van der Waals surface area contributed by atoms with Crippen LogP contribution in [0.25, 0.3) is 0 Å². The van der Waals surface area contributed by atoms with E-state index in [9.17, 15) is 4.79 Å². The quantitative estimate of drug-likeness (QED) is 0.339. The summed E-state index contributed by atoms with van der Waals surface area (Å²) < 4.78 is 0. The van der Waals surface area contributed by atoms with E-state index in [1.165, 1.54) is 25.7 Å². The van der Waals surface area contributed by atoms with E-state index in [1.54, 1.807) is 6.08 Å². The third kappa shape index (κ3) is 15.2. The van der Waals surface area contributed by atoms with Crippen LogP contribution in [0, 0.1) is 0 Å². The van der Waals surface area contributed by atoms with E-state index < -0.39 is 0 Å². The number of amides is 1. The van der Waals surface area contributed by atoms with Crippen molar-refractivity contribution in [2.45, 2.75) is 58.3 Å². The fraction of sp³-hybridized carbons (Fsp3) is 0.812. The second-order valence-corrected chi connectivity index (χ2v) is 5.08. The molecule has 4 heteroatoms. The second kappa shape index (κ2) is 16.2. The molecule has 0 atom stereocenters. The Hall–Kier alpha value is -0.870. The maximum atomic E-state index is 11.3. The monoisotopic (exact) mass is 284 g/mol. The Labute approximate surface area is 124 Å². The number of hydrogen-bond donors (Lipinski definition) is 3. The molecular formula is C16H32N2O2. The van der Waals surface area contributed by atoms with Crippen LogP contribution >= 0.6 is 0 Å². The normalized spacial score (nSPS) is 11.1. The van der Waals surface area contributed by atoms with E-state index in [0.29, 0.717) is 13.2 Å². The molecule has 0 fully saturated rings. The number of carbonyl (C=O) groups is 1. The van der Waals surface area contributed by atoms with E-state index in [-0.39, 0.29) is 5.91 Å². The van der Waals surface area contributed by atoms with Crippen LogP contribution in [0.5, 0.6) is 0 Å². The van der Waals surface area contributed by atoms with Gasteiger partial charge in [0.15, 0.2) is 0 Å². The first kappa shape index (κ1) is 19.1. The highest BCUT2D eigenvalue weighted by Crippen LogP contribution is 2.04. The lowest BCUT2D eigenvalue weighted by Gasteiger charge is -2.05. The summed E-state index contributed by atoms with van der Waals surface area (Å²) in [4.78, 5) is 11.3. The Bertz CT molecular complexity index is 243. The molecule has 0 radical (unpaired) electrons. The van der Waals surface area contributed by atoms with Crippen molar-refractivity contribution in [2.24, 2.45) is 0 Å². The van der Waals surface area contributed by atoms with Crippen LogP contribution in [0.1, 0.15) is 58.3 Å². The minimum absolute atomic E-state index is 0.00383. The van der Waals surface area contributed by atoms with E-state index in [0.717, 1.165) is 38.8 Å². The van der Waals surface area contributed by atoms with Gasteiger partial charge in [0, 0.05) is 19.7 Å². The Morgan fingerprint density at radius 1 is 1.00 bits per heavy atom. The molecule has 3 N–H and O–H groups in total. The molecule has 0 saturated carbocycles. The molecule has 0 bridgehead atoms. The van der Waals surface area contributed by atoms with Crippen LogP contribution in [-0.2, 0) is 4.79 Å². The molecule has 4 nitrogen and oxygen atoms in total. The highest BCUT2D eigenvalue weighted by atomic mass is 16.2. The smallest absolute Gasteiger partial charge is 0.243 e. The topological polar surface area (TPSA) is 61.4 Å². The molecule has 0 aromatic heterocycles. The van der Waals surface area contributed by atoms with E-state index >= 15 is 0 Å². The Morgan fingerprint density at radius 2 is 1.70 bits per heavy atom. The summed E-state index contributed by atoms with van der Waals surface area (Å²) in [6.45, 7) is 4.95. The number of aliphatic hydroxyl groups excluding tert-OH is 1. The molecule has 0 aromatic carbocycles. The van der Waals surface area contributed by atoms with Gasteiger partial charge in [-0.3, -0.25) is 4.79 Å². The van der Waals surface area contributed by atoms with Gasteiger partial charge in [0.25, 0.3) is 0 Å². The largest absolute Gasteiger partial charge is 0.396 e. The highest BCUT2D eigenvalue weighted by Gasteiger charge is 1.94. The maximum Gasteiger partial charge on any atom is 0.243 e. The van der Waals surface area contributed by atoms with Crippen molar-refractivity contribution < 1.29 is 9.90 Å². The number of carbonyl (C=O) groups excluding carboxylic acids is 1. The fourth-order valence-electron chi connectivity index (χ4n) is 1.88. The zero-order valence-corrected chi connectivity index (χ0v) is 13.0.